The van der Waals surface area contributed by atoms with Gasteiger partial charge in [0.2, 0.25) is 0 Å². The van der Waals surface area contributed by atoms with Crippen molar-refractivity contribution in [1.29, 1.82) is 0 Å². The van der Waals surface area contributed by atoms with Gasteiger partial charge in [-0.15, -0.1) is 0 Å². The molecule has 3 nitrogen and oxygen atoms in total. The minimum absolute atomic E-state index is 0.366. The van der Waals surface area contributed by atoms with Crippen LogP contribution in [-0.2, 0) is 9.53 Å². The number of esters is 1. The molecule has 0 N–H and O–H groups in total. The molecule has 0 aliphatic carbocycles. The zero-order valence-corrected chi connectivity index (χ0v) is 10.2. The third-order valence-electron chi connectivity index (χ3n) is 2.37. The Morgan fingerprint density at radius 2 is 1.94 bits per heavy atom. The number of rotatable bonds is 4. The highest BCUT2D eigenvalue weighted by molar-refractivity contribution is 5.74. The molecule has 0 amide bonds. The molecule has 88 valence electrons. The first-order valence-corrected chi connectivity index (χ1v) is 5.39. The summed E-state index contributed by atoms with van der Waals surface area (Å²) in [4.78, 5) is 11.2. The highest BCUT2D eigenvalue weighted by atomic mass is 16.6. The van der Waals surface area contributed by atoms with E-state index in [4.69, 9.17) is 4.74 Å². The smallest absolute Gasteiger partial charge is 0.346 e. The number of ether oxygens (including phenoxy) is 2. The summed E-state index contributed by atoms with van der Waals surface area (Å²) in [5, 5.41) is 0. The molecule has 0 unspecified atom stereocenters. The van der Waals surface area contributed by atoms with Crippen LogP contribution < -0.4 is 4.74 Å². The second-order valence-corrected chi connectivity index (χ2v) is 4.01. The molecule has 0 fully saturated rings. The number of carbonyl (C=O) groups is 1. The Hall–Kier alpha value is -1.51. The average Bonchev–Trinajstić information content (AvgIpc) is 2.28. The van der Waals surface area contributed by atoms with Crippen LogP contribution in [0.1, 0.15) is 32.3 Å². The zero-order valence-electron chi connectivity index (χ0n) is 10.2. The summed E-state index contributed by atoms with van der Waals surface area (Å²) in [6.07, 6.45) is -0.576. The molecule has 0 aliphatic rings. The molecule has 3 heteroatoms. The van der Waals surface area contributed by atoms with E-state index in [1.54, 1.807) is 6.92 Å². The van der Waals surface area contributed by atoms with Gasteiger partial charge in [-0.2, -0.15) is 0 Å². The van der Waals surface area contributed by atoms with Crippen molar-refractivity contribution < 1.29 is 14.3 Å². The van der Waals surface area contributed by atoms with E-state index in [1.807, 2.05) is 24.3 Å². The summed E-state index contributed by atoms with van der Waals surface area (Å²) < 4.78 is 10.1. The second-order valence-electron chi connectivity index (χ2n) is 4.01. The Balaban J connectivity index is 2.74. The van der Waals surface area contributed by atoms with Crippen molar-refractivity contribution in [3.8, 4) is 5.75 Å². The quantitative estimate of drug-likeness (QED) is 0.735. The van der Waals surface area contributed by atoms with Crippen LogP contribution in [0.15, 0.2) is 24.3 Å². The van der Waals surface area contributed by atoms with E-state index in [1.165, 1.54) is 12.7 Å². The van der Waals surface area contributed by atoms with Crippen LogP contribution in [0.4, 0.5) is 0 Å². The van der Waals surface area contributed by atoms with Gasteiger partial charge in [-0.1, -0.05) is 26.0 Å². The van der Waals surface area contributed by atoms with E-state index in [0.717, 1.165) is 0 Å². The van der Waals surface area contributed by atoms with Crippen LogP contribution in [-0.4, -0.2) is 19.2 Å². The monoisotopic (exact) mass is 222 g/mol. The minimum Gasteiger partial charge on any atom is -0.479 e. The van der Waals surface area contributed by atoms with Crippen molar-refractivity contribution in [3.63, 3.8) is 0 Å². The first kappa shape index (κ1) is 12.6. The van der Waals surface area contributed by atoms with Crippen LogP contribution in [0.25, 0.3) is 0 Å². The molecule has 16 heavy (non-hydrogen) atoms. The lowest BCUT2D eigenvalue weighted by Crippen LogP contribution is -2.24. The van der Waals surface area contributed by atoms with Crippen molar-refractivity contribution in [2.24, 2.45) is 0 Å². The van der Waals surface area contributed by atoms with Gasteiger partial charge in [0.1, 0.15) is 5.75 Å². The van der Waals surface area contributed by atoms with E-state index >= 15 is 0 Å². The van der Waals surface area contributed by atoms with Crippen LogP contribution >= 0.6 is 0 Å². The summed E-state index contributed by atoms with van der Waals surface area (Å²) in [6, 6.07) is 7.75. The highest BCUT2D eigenvalue weighted by Gasteiger charge is 2.14. The highest BCUT2D eigenvalue weighted by Crippen LogP contribution is 2.21. The van der Waals surface area contributed by atoms with Crippen LogP contribution in [0.3, 0.4) is 0 Å². The first-order valence-electron chi connectivity index (χ1n) is 5.39. The molecule has 0 bridgehead atoms. The number of benzene rings is 1. The van der Waals surface area contributed by atoms with E-state index in [0.29, 0.717) is 11.7 Å². The largest absolute Gasteiger partial charge is 0.479 e. The van der Waals surface area contributed by atoms with Gasteiger partial charge in [0.25, 0.3) is 0 Å². The van der Waals surface area contributed by atoms with E-state index in [2.05, 4.69) is 18.6 Å². The maximum Gasteiger partial charge on any atom is 0.346 e. The fourth-order valence-electron chi connectivity index (χ4n) is 1.37. The van der Waals surface area contributed by atoms with Gasteiger partial charge in [-0.3, -0.25) is 0 Å². The van der Waals surface area contributed by atoms with Crippen molar-refractivity contribution in [2.45, 2.75) is 32.8 Å². The zero-order chi connectivity index (χ0) is 12.1. The Morgan fingerprint density at radius 3 is 2.50 bits per heavy atom. The van der Waals surface area contributed by atoms with Gasteiger partial charge in [-0.25, -0.2) is 4.79 Å². The molecule has 1 rings (SSSR count). The molecule has 0 saturated heterocycles. The predicted octanol–water partition coefficient (Wildman–Crippen LogP) is 2.75. The molecule has 1 aromatic carbocycles. The number of carbonyl (C=O) groups excluding carboxylic acids is 1. The number of methoxy groups -OCH3 is 1. The van der Waals surface area contributed by atoms with Crippen molar-refractivity contribution in [2.75, 3.05) is 7.11 Å². The summed E-state index contributed by atoms with van der Waals surface area (Å²) >= 11 is 0. The van der Waals surface area contributed by atoms with Gasteiger partial charge in [-0.05, 0) is 30.5 Å². The van der Waals surface area contributed by atoms with E-state index in [9.17, 15) is 4.79 Å². The number of hydrogen-bond acceptors (Lipinski definition) is 3. The van der Waals surface area contributed by atoms with Crippen molar-refractivity contribution in [3.05, 3.63) is 29.8 Å². The molecule has 0 aliphatic heterocycles. The van der Waals surface area contributed by atoms with Crippen LogP contribution in [0, 0.1) is 0 Å². The molecular formula is C13H18O3. The molecule has 0 radical (unpaired) electrons. The molecule has 1 atom stereocenters. The van der Waals surface area contributed by atoms with Crippen LogP contribution in [0.5, 0.6) is 5.75 Å². The third-order valence-corrected chi connectivity index (χ3v) is 2.37. The summed E-state index contributed by atoms with van der Waals surface area (Å²) in [6.45, 7) is 5.90. The summed E-state index contributed by atoms with van der Waals surface area (Å²) in [5.74, 6) is 0.774. The Kier molecular flexibility index (Phi) is 4.35. The molecule has 0 heterocycles. The molecule has 0 saturated carbocycles. The molecule has 1 aromatic rings. The lowest BCUT2D eigenvalue weighted by Gasteiger charge is -2.14. The Morgan fingerprint density at radius 1 is 1.25 bits per heavy atom. The van der Waals surface area contributed by atoms with E-state index in [-0.39, 0.29) is 5.97 Å². The van der Waals surface area contributed by atoms with Gasteiger partial charge in [0.15, 0.2) is 6.10 Å². The summed E-state index contributed by atoms with van der Waals surface area (Å²) in [7, 11) is 1.35. The Bertz CT molecular complexity index is 358. The van der Waals surface area contributed by atoms with E-state index < -0.39 is 6.10 Å². The van der Waals surface area contributed by atoms with Crippen molar-refractivity contribution in [1.82, 2.24) is 0 Å². The lowest BCUT2D eigenvalue weighted by molar-refractivity contribution is -0.147. The maximum absolute atomic E-state index is 11.2. The summed E-state index contributed by atoms with van der Waals surface area (Å²) in [5.41, 5.74) is 1.19. The predicted molar refractivity (Wildman–Crippen MR) is 62.6 cm³/mol. The van der Waals surface area contributed by atoms with Gasteiger partial charge < -0.3 is 9.47 Å². The van der Waals surface area contributed by atoms with Gasteiger partial charge >= 0.3 is 5.97 Å². The third kappa shape index (κ3) is 3.26. The number of hydrogen-bond donors (Lipinski definition) is 0. The molecule has 0 spiro atoms. The normalized spacial score (nSPS) is 12.3. The first-order chi connectivity index (χ1) is 7.54. The lowest BCUT2D eigenvalue weighted by atomic mass is 10.0. The van der Waals surface area contributed by atoms with Crippen molar-refractivity contribution >= 4 is 5.97 Å². The Labute approximate surface area is 96.4 Å². The fraction of sp³-hybridized carbons (Fsp3) is 0.462. The topological polar surface area (TPSA) is 35.5 Å². The fourth-order valence-corrected chi connectivity index (χ4v) is 1.37. The maximum atomic E-state index is 11.2. The minimum atomic E-state index is -0.576. The standard InChI is InChI=1S/C13H18O3/c1-9(2)11-6-5-7-12(8-11)16-10(3)13(14)15-4/h5-10H,1-4H3/t10-/m0/s1. The average molecular weight is 222 g/mol. The second kappa shape index (κ2) is 5.54. The molecule has 0 aromatic heterocycles. The SMILES string of the molecule is COC(=O)[C@H](C)Oc1cccc(C(C)C)c1. The van der Waals surface area contributed by atoms with Crippen LogP contribution in [0.2, 0.25) is 0 Å². The molecular weight excluding hydrogens is 204 g/mol. The van der Waals surface area contributed by atoms with Gasteiger partial charge in [0.05, 0.1) is 7.11 Å². The van der Waals surface area contributed by atoms with Gasteiger partial charge in [0, 0.05) is 0 Å².